The van der Waals surface area contributed by atoms with Crippen molar-refractivity contribution in [1.82, 2.24) is 9.55 Å². The van der Waals surface area contributed by atoms with Gasteiger partial charge in [0.05, 0.1) is 23.1 Å². The van der Waals surface area contributed by atoms with Gasteiger partial charge in [-0.05, 0) is 19.4 Å². The van der Waals surface area contributed by atoms with Crippen LogP contribution >= 0.6 is 0 Å². The van der Waals surface area contributed by atoms with Crippen LogP contribution in [0.15, 0.2) is 30.3 Å². The van der Waals surface area contributed by atoms with Crippen molar-refractivity contribution >= 4 is 17.0 Å². The predicted octanol–water partition coefficient (Wildman–Crippen LogP) is 4.08. The van der Waals surface area contributed by atoms with Crippen LogP contribution in [0, 0.1) is 23.3 Å². The van der Waals surface area contributed by atoms with Crippen LogP contribution in [0.3, 0.4) is 0 Å². The molecule has 2 aromatic carbocycles. The molecule has 4 nitrogen and oxygen atoms in total. The number of hydrogen-bond donors (Lipinski definition) is 1. The van der Waals surface area contributed by atoms with Crippen molar-refractivity contribution in [1.29, 1.82) is 0 Å². The second-order valence-corrected chi connectivity index (χ2v) is 7.29. The third-order valence-electron chi connectivity index (χ3n) is 5.37. The number of fused-ring (bicyclic) bond motifs is 1. The molecule has 0 bridgehead atoms. The van der Waals surface area contributed by atoms with Crippen molar-refractivity contribution in [2.45, 2.75) is 31.6 Å². The van der Waals surface area contributed by atoms with Crippen molar-refractivity contribution in [3.63, 3.8) is 0 Å². The smallest absolute Gasteiger partial charge is 0.207 e. The van der Waals surface area contributed by atoms with Gasteiger partial charge < -0.3 is 15.2 Å². The van der Waals surface area contributed by atoms with E-state index in [9.17, 15) is 22.0 Å². The van der Waals surface area contributed by atoms with Crippen LogP contribution in [-0.4, -0.2) is 34.9 Å². The summed E-state index contributed by atoms with van der Waals surface area (Å²) in [5.74, 6) is -3.33. The number of nitrogens with two attached hydrogens (primary N) is 1. The zero-order chi connectivity index (χ0) is 20.9. The fraction of sp³-hybridized carbons (Fsp3) is 0.350. The Bertz CT molecular complexity index is 1070. The lowest BCUT2D eigenvalue weighted by atomic mass is 10.0. The van der Waals surface area contributed by atoms with Gasteiger partial charge in [-0.15, -0.1) is 0 Å². The van der Waals surface area contributed by atoms with Crippen molar-refractivity contribution in [2.75, 3.05) is 18.0 Å². The average Bonchev–Trinajstić information content (AvgIpc) is 3.02. The Balaban J connectivity index is 1.89. The van der Waals surface area contributed by atoms with Crippen molar-refractivity contribution in [2.24, 2.45) is 5.73 Å². The van der Waals surface area contributed by atoms with Crippen molar-refractivity contribution in [3.05, 3.63) is 59.2 Å². The van der Waals surface area contributed by atoms with Gasteiger partial charge in [0.1, 0.15) is 17.8 Å². The molecule has 1 saturated heterocycles. The number of piperidine rings is 1. The van der Waals surface area contributed by atoms with E-state index in [4.69, 9.17) is 5.73 Å². The highest BCUT2D eigenvalue weighted by Gasteiger charge is 2.31. The van der Waals surface area contributed by atoms with Gasteiger partial charge in [-0.2, -0.15) is 0 Å². The Morgan fingerprint density at radius 1 is 1.07 bits per heavy atom. The van der Waals surface area contributed by atoms with Gasteiger partial charge in [0, 0.05) is 36.9 Å². The topological polar surface area (TPSA) is 47.1 Å². The molecule has 1 aliphatic heterocycles. The van der Waals surface area contributed by atoms with E-state index in [0.717, 1.165) is 24.3 Å². The first-order valence-corrected chi connectivity index (χ1v) is 9.22. The molecule has 2 N–H and O–H groups in total. The molecule has 0 amide bonds. The molecular formula is C20H19F5N4. The molecule has 29 heavy (non-hydrogen) atoms. The summed E-state index contributed by atoms with van der Waals surface area (Å²) in [4.78, 5) is 6.12. The minimum absolute atomic E-state index is 0.147. The normalized spacial score (nSPS) is 21.0. The minimum Gasteiger partial charge on any atom is -0.340 e. The maximum Gasteiger partial charge on any atom is 0.207 e. The lowest BCUT2D eigenvalue weighted by Gasteiger charge is -2.35. The molecule has 154 valence electrons. The van der Waals surface area contributed by atoms with Crippen molar-refractivity contribution in [3.8, 4) is 0 Å². The quantitative estimate of drug-likeness (QED) is 0.662. The monoisotopic (exact) mass is 410 g/mol. The molecule has 2 heterocycles. The molecule has 0 aliphatic carbocycles. The summed E-state index contributed by atoms with van der Waals surface area (Å²) < 4.78 is 70.9. The van der Waals surface area contributed by atoms with Gasteiger partial charge in [0.15, 0.2) is 11.6 Å². The summed E-state index contributed by atoms with van der Waals surface area (Å²) >= 11 is 0. The van der Waals surface area contributed by atoms with Gasteiger partial charge in [-0.25, -0.2) is 26.9 Å². The van der Waals surface area contributed by atoms with Crippen molar-refractivity contribution < 1.29 is 22.0 Å². The Morgan fingerprint density at radius 3 is 2.48 bits per heavy atom. The number of benzene rings is 2. The summed E-state index contributed by atoms with van der Waals surface area (Å²) in [5.41, 5.74) is 6.42. The van der Waals surface area contributed by atoms with E-state index in [1.54, 1.807) is 16.4 Å². The fourth-order valence-electron chi connectivity index (χ4n) is 3.80. The molecule has 9 heteroatoms. The number of anilines is 1. The predicted molar refractivity (Wildman–Crippen MR) is 99.5 cm³/mol. The summed E-state index contributed by atoms with van der Waals surface area (Å²) in [5, 5.41) is 0. The highest BCUT2D eigenvalue weighted by atomic mass is 19.2. The average molecular weight is 410 g/mol. The lowest BCUT2D eigenvalue weighted by molar-refractivity contribution is 0.243. The van der Waals surface area contributed by atoms with Gasteiger partial charge in [0.2, 0.25) is 5.95 Å². The third kappa shape index (κ3) is 3.43. The van der Waals surface area contributed by atoms with E-state index in [0.29, 0.717) is 12.5 Å². The standard InChI is InChI=1S/C20H19F5N4/c1-10(12-3-2-11(21)6-14(12)23)29-19-8-16(25)15(24)7-18(19)27-20(29)28-5-4-13(22)17(26)9-28/h2-3,6-8,10,13,17H,4-5,9,26H2,1H3/t10?,13-,17-/m1/s1. The van der Waals surface area contributed by atoms with E-state index in [2.05, 4.69) is 4.98 Å². The molecule has 3 aromatic rings. The molecule has 1 aromatic heterocycles. The van der Waals surface area contributed by atoms with Crippen LogP contribution in [0.2, 0.25) is 0 Å². The molecular weight excluding hydrogens is 391 g/mol. The maximum atomic E-state index is 14.4. The second-order valence-electron chi connectivity index (χ2n) is 7.29. The number of rotatable bonds is 3. The molecule has 1 unspecified atom stereocenters. The number of hydrogen-bond acceptors (Lipinski definition) is 3. The number of imidazole rings is 1. The highest BCUT2D eigenvalue weighted by Crippen LogP contribution is 2.34. The van der Waals surface area contributed by atoms with E-state index in [1.165, 1.54) is 6.07 Å². The highest BCUT2D eigenvalue weighted by molar-refractivity contribution is 5.79. The summed E-state index contributed by atoms with van der Waals surface area (Å²) in [7, 11) is 0. The molecule has 1 fully saturated rings. The summed E-state index contributed by atoms with van der Waals surface area (Å²) in [6.45, 7) is 2.08. The maximum absolute atomic E-state index is 14.4. The zero-order valence-electron chi connectivity index (χ0n) is 15.5. The zero-order valence-corrected chi connectivity index (χ0v) is 15.5. The van der Waals surface area contributed by atoms with Crippen LogP contribution in [0.4, 0.5) is 27.9 Å². The lowest BCUT2D eigenvalue weighted by Crippen LogP contribution is -2.50. The van der Waals surface area contributed by atoms with Gasteiger partial charge in [-0.3, -0.25) is 0 Å². The van der Waals surface area contributed by atoms with Crippen LogP contribution < -0.4 is 10.6 Å². The van der Waals surface area contributed by atoms with Gasteiger partial charge >= 0.3 is 0 Å². The third-order valence-corrected chi connectivity index (χ3v) is 5.37. The largest absolute Gasteiger partial charge is 0.340 e. The van der Waals surface area contributed by atoms with Crippen LogP contribution in [0.1, 0.15) is 24.9 Å². The summed E-state index contributed by atoms with van der Waals surface area (Å²) in [6, 6.07) is 3.66. The molecule has 0 saturated carbocycles. The first-order chi connectivity index (χ1) is 13.8. The fourth-order valence-corrected chi connectivity index (χ4v) is 3.80. The minimum atomic E-state index is -1.16. The van der Waals surface area contributed by atoms with E-state index in [1.807, 2.05) is 0 Å². The first kappa shape index (κ1) is 19.6. The van der Waals surface area contributed by atoms with E-state index >= 15 is 0 Å². The van der Waals surface area contributed by atoms with Crippen LogP contribution in [0.25, 0.3) is 11.0 Å². The Kier molecular flexibility index (Phi) is 4.94. The molecule has 4 rings (SSSR count). The SMILES string of the molecule is CC(c1ccc(F)cc1F)n1c(N2CC[C@@H](F)[C@H](N)C2)nc2cc(F)c(F)cc21. The van der Waals surface area contributed by atoms with Gasteiger partial charge in [-0.1, -0.05) is 6.07 Å². The number of nitrogens with zero attached hydrogens (tertiary/aromatic N) is 3. The molecule has 0 spiro atoms. The van der Waals surface area contributed by atoms with Crippen LogP contribution in [0.5, 0.6) is 0 Å². The Hall–Kier alpha value is -2.68. The van der Waals surface area contributed by atoms with Gasteiger partial charge in [0.25, 0.3) is 0 Å². The van der Waals surface area contributed by atoms with E-state index in [-0.39, 0.29) is 29.6 Å². The Labute approximate surface area is 163 Å². The second kappa shape index (κ2) is 7.29. The molecule has 3 atom stereocenters. The number of halogens is 5. The molecule has 1 aliphatic rings. The molecule has 0 radical (unpaired) electrons. The number of alkyl halides is 1. The first-order valence-electron chi connectivity index (χ1n) is 9.22. The van der Waals surface area contributed by atoms with Crippen LogP contribution in [-0.2, 0) is 0 Å². The van der Waals surface area contributed by atoms with E-state index < -0.39 is 41.5 Å². The summed E-state index contributed by atoms with van der Waals surface area (Å²) in [6.07, 6.45) is -0.988. The number of aromatic nitrogens is 2. The Morgan fingerprint density at radius 2 is 1.79 bits per heavy atom.